The Morgan fingerprint density at radius 2 is 2.03 bits per heavy atom. The lowest BCUT2D eigenvalue weighted by atomic mass is 10.1. The molecular formula is C24H29ClN6O2S. The molecule has 180 valence electrons. The third-order valence-electron chi connectivity index (χ3n) is 7.17. The number of nitrogens with zero attached hydrogens (tertiary/aromatic N) is 5. The molecule has 2 aliphatic heterocycles. The van der Waals surface area contributed by atoms with Crippen LogP contribution in [0.4, 0.5) is 5.82 Å². The predicted molar refractivity (Wildman–Crippen MR) is 130 cm³/mol. The maximum Gasteiger partial charge on any atom is 0.262 e. The summed E-state index contributed by atoms with van der Waals surface area (Å²) in [5.74, 6) is 0.950. The highest BCUT2D eigenvalue weighted by Crippen LogP contribution is 2.31. The number of hydrogen-bond donors (Lipinski definition) is 1. The minimum atomic E-state index is 0. The van der Waals surface area contributed by atoms with Crippen LogP contribution in [-0.4, -0.2) is 65.9 Å². The number of halogens is 1. The molecule has 0 radical (unpaired) electrons. The van der Waals surface area contributed by atoms with E-state index >= 15 is 0 Å². The number of thiophene rings is 1. The number of fused-ring (bicyclic) bond motifs is 4. The van der Waals surface area contributed by atoms with Crippen molar-refractivity contribution in [1.29, 1.82) is 0 Å². The Labute approximate surface area is 208 Å². The highest BCUT2D eigenvalue weighted by molar-refractivity contribution is 7.18. The number of benzene rings is 1. The van der Waals surface area contributed by atoms with E-state index in [1.807, 2.05) is 4.57 Å². The molecule has 0 aliphatic carbocycles. The Bertz CT molecular complexity index is 1390. The Morgan fingerprint density at radius 3 is 2.85 bits per heavy atom. The van der Waals surface area contributed by atoms with Gasteiger partial charge >= 0.3 is 0 Å². The van der Waals surface area contributed by atoms with Gasteiger partial charge in [-0.3, -0.25) is 9.36 Å². The number of hydrogen-bond acceptors (Lipinski definition) is 7. The SMILES string of the molecule is Cc1cccc2c(N3CC[NH+](CCn4cnc5sc6c(c5c4=O)CCN(C)C6)CC3)noc12.[Cl-]. The molecule has 1 fully saturated rings. The summed E-state index contributed by atoms with van der Waals surface area (Å²) in [6.07, 6.45) is 2.69. The number of nitrogens with one attached hydrogen (secondary N) is 1. The van der Waals surface area contributed by atoms with Gasteiger partial charge in [0.1, 0.15) is 4.83 Å². The maximum absolute atomic E-state index is 13.3. The van der Waals surface area contributed by atoms with Gasteiger partial charge in [0, 0.05) is 18.0 Å². The lowest BCUT2D eigenvalue weighted by molar-refractivity contribution is -0.901. The number of likely N-dealkylation sites (N-methyl/N-ethyl adjacent to an activating group) is 1. The monoisotopic (exact) mass is 500 g/mol. The molecule has 0 bridgehead atoms. The number of quaternary nitrogens is 1. The molecular weight excluding hydrogens is 472 g/mol. The van der Waals surface area contributed by atoms with Crippen LogP contribution in [0.25, 0.3) is 21.2 Å². The van der Waals surface area contributed by atoms with Gasteiger partial charge in [-0.2, -0.15) is 0 Å². The minimum absolute atomic E-state index is 0. The maximum atomic E-state index is 13.3. The van der Waals surface area contributed by atoms with E-state index in [1.165, 1.54) is 15.3 Å². The first kappa shape index (κ1) is 23.3. The van der Waals surface area contributed by atoms with Gasteiger partial charge in [-0.1, -0.05) is 17.3 Å². The van der Waals surface area contributed by atoms with Gasteiger partial charge in [-0.05, 0) is 37.6 Å². The van der Waals surface area contributed by atoms with E-state index in [0.717, 1.165) is 84.8 Å². The molecule has 3 aromatic heterocycles. The molecule has 1 aromatic carbocycles. The summed E-state index contributed by atoms with van der Waals surface area (Å²) in [5.41, 5.74) is 3.36. The molecule has 2 aliphatic rings. The van der Waals surface area contributed by atoms with E-state index in [9.17, 15) is 4.79 Å². The Balaban J connectivity index is 0.00000241. The van der Waals surface area contributed by atoms with Gasteiger partial charge in [-0.25, -0.2) is 4.98 Å². The van der Waals surface area contributed by atoms with Gasteiger partial charge < -0.3 is 31.6 Å². The number of anilines is 1. The van der Waals surface area contributed by atoms with E-state index in [2.05, 4.69) is 52.1 Å². The normalized spacial score (nSPS) is 17.3. The molecule has 5 heterocycles. The zero-order chi connectivity index (χ0) is 22.5. The van der Waals surface area contributed by atoms with Crippen molar-refractivity contribution in [3.8, 4) is 0 Å². The van der Waals surface area contributed by atoms with Crippen molar-refractivity contribution in [3.05, 3.63) is 50.9 Å². The average molecular weight is 501 g/mol. The number of rotatable bonds is 4. The summed E-state index contributed by atoms with van der Waals surface area (Å²) in [6, 6.07) is 6.20. The summed E-state index contributed by atoms with van der Waals surface area (Å²) in [7, 11) is 2.13. The Morgan fingerprint density at radius 1 is 1.21 bits per heavy atom. The van der Waals surface area contributed by atoms with E-state index in [0.29, 0.717) is 6.54 Å². The van der Waals surface area contributed by atoms with Crippen LogP contribution in [-0.2, 0) is 19.5 Å². The second-order valence-corrected chi connectivity index (χ2v) is 10.4. The first-order valence-corrected chi connectivity index (χ1v) is 12.5. The molecule has 4 aromatic rings. The fourth-order valence-electron chi connectivity index (χ4n) is 5.18. The van der Waals surface area contributed by atoms with Crippen molar-refractivity contribution in [3.63, 3.8) is 0 Å². The quantitative estimate of drug-likeness (QED) is 0.360. The third-order valence-corrected chi connectivity index (χ3v) is 8.30. The molecule has 8 nitrogen and oxygen atoms in total. The number of para-hydroxylation sites is 1. The zero-order valence-electron chi connectivity index (χ0n) is 19.5. The first-order valence-electron chi connectivity index (χ1n) is 11.7. The minimum Gasteiger partial charge on any atom is -1.00 e. The van der Waals surface area contributed by atoms with Crippen molar-refractivity contribution in [2.75, 3.05) is 51.2 Å². The molecule has 1 N–H and O–H groups in total. The van der Waals surface area contributed by atoms with E-state index < -0.39 is 0 Å². The van der Waals surface area contributed by atoms with Crippen LogP contribution in [0.2, 0.25) is 0 Å². The highest BCUT2D eigenvalue weighted by atomic mass is 35.5. The average Bonchev–Trinajstić information content (AvgIpc) is 3.41. The summed E-state index contributed by atoms with van der Waals surface area (Å²) in [5, 5.41) is 6.31. The van der Waals surface area contributed by atoms with Crippen LogP contribution in [0.1, 0.15) is 16.0 Å². The van der Waals surface area contributed by atoms with Gasteiger partial charge in [-0.15, -0.1) is 11.3 Å². The smallest absolute Gasteiger partial charge is 0.262 e. The van der Waals surface area contributed by atoms with Crippen LogP contribution < -0.4 is 27.8 Å². The van der Waals surface area contributed by atoms with Crippen molar-refractivity contribution >= 4 is 38.3 Å². The molecule has 0 atom stereocenters. The fraction of sp³-hybridized carbons (Fsp3) is 0.458. The predicted octanol–water partition coefficient (Wildman–Crippen LogP) is -1.70. The lowest BCUT2D eigenvalue weighted by Gasteiger charge is -2.32. The van der Waals surface area contributed by atoms with Crippen LogP contribution in [0.15, 0.2) is 33.8 Å². The summed E-state index contributed by atoms with van der Waals surface area (Å²) >= 11 is 1.68. The van der Waals surface area contributed by atoms with Gasteiger partial charge in [0.25, 0.3) is 5.56 Å². The second kappa shape index (κ2) is 9.30. The van der Waals surface area contributed by atoms with Crippen LogP contribution in [0.3, 0.4) is 0 Å². The summed E-state index contributed by atoms with van der Waals surface area (Å²) in [6.45, 7) is 9.51. The molecule has 0 spiro atoms. The number of aryl methyl sites for hydroxylation is 1. The molecule has 0 amide bonds. The molecule has 0 unspecified atom stereocenters. The molecule has 34 heavy (non-hydrogen) atoms. The van der Waals surface area contributed by atoms with Crippen LogP contribution in [0.5, 0.6) is 0 Å². The van der Waals surface area contributed by atoms with E-state index in [4.69, 9.17) is 4.52 Å². The van der Waals surface area contributed by atoms with Crippen LogP contribution in [0, 0.1) is 6.92 Å². The van der Waals surface area contributed by atoms with Gasteiger partial charge in [0.2, 0.25) is 0 Å². The lowest BCUT2D eigenvalue weighted by Crippen LogP contribution is -3.15. The van der Waals surface area contributed by atoms with Crippen molar-refractivity contribution < 1.29 is 21.8 Å². The number of piperazine rings is 1. The highest BCUT2D eigenvalue weighted by Gasteiger charge is 2.25. The summed E-state index contributed by atoms with van der Waals surface area (Å²) < 4.78 is 7.43. The van der Waals surface area contributed by atoms with Crippen LogP contribution >= 0.6 is 11.3 Å². The standard InChI is InChI=1S/C24H28N6O2S.ClH/c1-16-4-3-5-18-21(16)32-26-22(18)29-11-8-28(9-12-29)10-13-30-15-25-23-20(24(30)31)17-6-7-27(2)14-19(17)33-23;/h3-5,15H,6-14H2,1-2H3;1H. The molecule has 1 saturated heterocycles. The van der Waals surface area contributed by atoms with Crippen molar-refractivity contribution in [2.45, 2.75) is 26.4 Å². The van der Waals surface area contributed by atoms with Crippen molar-refractivity contribution in [2.24, 2.45) is 0 Å². The second-order valence-electron chi connectivity index (χ2n) is 9.36. The third kappa shape index (κ3) is 4.00. The summed E-state index contributed by atoms with van der Waals surface area (Å²) in [4.78, 5) is 26.2. The van der Waals surface area contributed by atoms with Gasteiger partial charge in [0.15, 0.2) is 11.4 Å². The van der Waals surface area contributed by atoms with Crippen molar-refractivity contribution in [1.82, 2.24) is 19.6 Å². The van der Waals surface area contributed by atoms with E-state index in [1.54, 1.807) is 17.7 Å². The Kier molecular flexibility index (Phi) is 6.37. The largest absolute Gasteiger partial charge is 1.00 e. The fourth-order valence-corrected chi connectivity index (χ4v) is 6.44. The van der Waals surface area contributed by atoms with E-state index in [-0.39, 0.29) is 18.0 Å². The molecule has 10 heteroatoms. The molecule has 6 rings (SSSR count). The first-order chi connectivity index (χ1) is 16.1. The number of aromatic nitrogens is 3. The molecule has 0 saturated carbocycles. The topological polar surface area (TPSA) is 71.8 Å². The zero-order valence-corrected chi connectivity index (χ0v) is 21.1. The van der Waals surface area contributed by atoms with Gasteiger partial charge in [0.05, 0.1) is 56.4 Å². The Hall–Kier alpha value is -2.46.